The van der Waals surface area contributed by atoms with Gasteiger partial charge in [-0.1, -0.05) is 18.2 Å². The molecule has 25 heavy (non-hydrogen) atoms. The summed E-state index contributed by atoms with van der Waals surface area (Å²) in [5.41, 5.74) is 1.56. The number of benzene rings is 1. The maximum Gasteiger partial charge on any atom is 0.375 e. The fraction of sp³-hybridized carbons (Fsp3) is 0.316. The van der Waals surface area contributed by atoms with Gasteiger partial charge in [-0.3, -0.25) is 9.36 Å². The summed E-state index contributed by atoms with van der Waals surface area (Å²) in [7, 11) is 0. The van der Waals surface area contributed by atoms with E-state index in [0.29, 0.717) is 15.9 Å². The minimum absolute atomic E-state index is 0.0455. The number of ether oxygens (including phenoxy) is 1. The zero-order valence-electron chi connectivity index (χ0n) is 13.9. The molecule has 0 amide bonds. The van der Waals surface area contributed by atoms with Gasteiger partial charge >= 0.3 is 5.97 Å². The first kappa shape index (κ1) is 16.0. The number of carbonyl (C=O) groups is 1. The number of carbonyl (C=O) groups excluding carboxylic acids is 1. The number of para-hydroxylation sites is 1. The van der Waals surface area contributed by atoms with E-state index in [1.165, 1.54) is 20.8 Å². The van der Waals surface area contributed by atoms with E-state index in [1.54, 1.807) is 19.1 Å². The summed E-state index contributed by atoms with van der Waals surface area (Å²) in [4.78, 5) is 32.2. The third-order valence-corrected chi connectivity index (χ3v) is 5.65. The zero-order chi connectivity index (χ0) is 17.4. The number of aryl methyl sites for hydroxylation is 2. The van der Waals surface area contributed by atoms with Gasteiger partial charge in [0.15, 0.2) is 0 Å². The lowest BCUT2D eigenvalue weighted by Gasteiger charge is -2.13. The largest absolute Gasteiger partial charge is 0.460 e. The Morgan fingerprint density at radius 3 is 2.76 bits per heavy atom. The number of aromatic nitrogens is 2. The van der Waals surface area contributed by atoms with Crippen molar-refractivity contribution in [3.05, 3.63) is 57.0 Å². The number of rotatable bonds is 3. The molecule has 1 aromatic carbocycles. The predicted molar refractivity (Wildman–Crippen MR) is 97.8 cm³/mol. The average molecular weight is 354 g/mol. The van der Waals surface area contributed by atoms with Gasteiger partial charge in [-0.15, -0.1) is 11.3 Å². The summed E-state index contributed by atoms with van der Waals surface area (Å²) in [5.74, 6) is -0.527. The Hall–Kier alpha value is -2.47. The van der Waals surface area contributed by atoms with Crippen molar-refractivity contribution in [3.8, 4) is 5.69 Å². The van der Waals surface area contributed by atoms with Gasteiger partial charge in [-0.05, 0) is 50.3 Å². The molecule has 3 aromatic rings. The molecule has 0 radical (unpaired) electrons. The molecule has 0 bridgehead atoms. The van der Waals surface area contributed by atoms with Crippen LogP contribution in [0.3, 0.4) is 0 Å². The van der Waals surface area contributed by atoms with Crippen LogP contribution in [-0.2, 0) is 17.6 Å². The van der Waals surface area contributed by atoms with E-state index in [0.717, 1.165) is 31.2 Å². The Morgan fingerprint density at radius 1 is 1.24 bits per heavy atom. The Morgan fingerprint density at radius 2 is 2.00 bits per heavy atom. The molecule has 0 aliphatic heterocycles. The maximum absolute atomic E-state index is 13.3. The summed E-state index contributed by atoms with van der Waals surface area (Å²) < 4.78 is 6.53. The van der Waals surface area contributed by atoms with Gasteiger partial charge < -0.3 is 4.74 Å². The van der Waals surface area contributed by atoms with Crippen molar-refractivity contribution in [1.82, 2.24) is 9.55 Å². The number of hydrogen-bond acceptors (Lipinski definition) is 5. The molecule has 1 aliphatic carbocycles. The van der Waals surface area contributed by atoms with Crippen LogP contribution in [0.4, 0.5) is 0 Å². The highest BCUT2D eigenvalue weighted by Gasteiger charge is 2.25. The molecule has 0 unspecified atom stereocenters. The summed E-state index contributed by atoms with van der Waals surface area (Å²) in [6.07, 6.45) is 4.11. The van der Waals surface area contributed by atoms with Gasteiger partial charge in [0.1, 0.15) is 4.83 Å². The molecule has 0 spiro atoms. The van der Waals surface area contributed by atoms with Crippen molar-refractivity contribution < 1.29 is 9.53 Å². The molecule has 2 aromatic heterocycles. The molecular formula is C19H18N2O3S. The maximum atomic E-state index is 13.3. The van der Waals surface area contributed by atoms with Crippen molar-refractivity contribution in [3.63, 3.8) is 0 Å². The third kappa shape index (κ3) is 2.66. The fourth-order valence-electron chi connectivity index (χ4n) is 3.35. The first-order valence-electron chi connectivity index (χ1n) is 8.50. The highest BCUT2D eigenvalue weighted by atomic mass is 32.1. The van der Waals surface area contributed by atoms with Gasteiger partial charge in [-0.2, -0.15) is 0 Å². The van der Waals surface area contributed by atoms with Crippen LogP contribution >= 0.6 is 11.3 Å². The molecule has 0 atom stereocenters. The van der Waals surface area contributed by atoms with Crippen LogP contribution < -0.4 is 5.56 Å². The second-order valence-corrected chi connectivity index (χ2v) is 7.11. The predicted octanol–water partition coefficient (Wildman–Crippen LogP) is 3.50. The SMILES string of the molecule is CCOC(=O)c1nc2sc3c(c2c(=O)n1-c1ccccc1)CCCC3. The number of hydrogen-bond donors (Lipinski definition) is 0. The number of thiophene rings is 1. The van der Waals surface area contributed by atoms with E-state index in [1.807, 2.05) is 18.2 Å². The lowest BCUT2D eigenvalue weighted by Crippen LogP contribution is -2.27. The Labute approximate surface area is 148 Å². The van der Waals surface area contributed by atoms with Crippen molar-refractivity contribution >= 4 is 27.5 Å². The summed E-state index contributed by atoms with van der Waals surface area (Å²) >= 11 is 1.54. The van der Waals surface area contributed by atoms with Crippen molar-refractivity contribution in [1.29, 1.82) is 0 Å². The van der Waals surface area contributed by atoms with Gasteiger partial charge in [0.05, 0.1) is 17.7 Å². The van der Waals surface area contributed by atoms with E-state index >= 15 is 0 Å². The number of esters is 1. The average Bonchev–Trinajstić information content (AvgIpc) is 3.01. The second-order valence-electron chi connectivity index (χ2n) is 6.02. The fourth-order valence-corrected chi connectivity index (χ4v) is 4.61. The van der Waals surface area contributed by atoms with E-state index in [4.69, 9.17) is 4.74 Å². The molecule has 0 fully saturated rings. The van der Waals surface area contributed by atoms with Crippen LogP contribution in [-0.4, -0.2) is 22.1 Å². The first-order valence-corrected chi connectivity index (χ1v) is 9.32. The molecule has 128 valence electrons. The second kappa shape index (κ2) is 6.44. The quantitative estimate of drug-likeness (QED) is 0.676. The Balaban J connectivity index is 2.05. The lowest BCUT2D eigenvalue weighted by molar-refractivity contribution is 0.0508. The third-order valence-electron chi connectivity index (χ3n) is 4.46. The molecule has 0 saturated carbocycles. The van der Waals surface area contributed by atoms with E-state index in [2.05, 4.69) is 4.98 Å². The summed E-state index contributed by atoms with van der Waals surface area (Å²) in [6.45, 7) is 1.98. The molecular weight excluding hydrogens is 336 g/mol. The van der Waals surface area contributed by atoms with E-state index in [9.17, 15) is 9.59 Å². The molecule has 0 N–H and O–H groups in total. The molecule has 2 heterocycles. The molecule has 1 aliphatic rings. The minimum Gasteiger partial charge on any atom is -0.460 e. The topological polar surface area (TPSA) is 61.2 Å². The monoisotopic (exact) mass is 354 g/mol. The number of fused-ring (bicyclic) bond motifs is 3. The zero-order valence-corrected chi connectivity index (χ0v) is 14.8. The van der Waals surface area contributed by atoms with Crippen LogP contribution in [0.2, 0.25) is 0 Å². The van der Waals surface area contributed by atoms with Crippen molar-refractivity contribution in [2.75, 3.05) is 6.61 Å². The van der Waals surface area contributed by atoms with Gasteiger partial charge in [0.25, 0.3) is 5.56 Å². The summed E-state index contributed by atoms with van der Waals surface area (Å²) in [5, 5.41) is 0.664. The Kier molecular flexibility index (Phi) is 4.13. The van der Waals surface area contributed by atoms with Gasteiger partial charge in [0, 0.05) is 4.88 Å². The smallest absolute Gasteiger partial charge is 0.375 e. The van der Waals surface area contributed by atoms with Gasteiger partial charge in [0.2, 0.25) is 5.82 Å². The highest BCUT2D eigenvalue weighted by molar-refractivity contribution is 7.18. The molecule has 0 saturated heterocycles. The molecule has 4 rings (SSSR count). The Bertz CT molecular complexity index is 1000. The van der Waals surface area contributed by atoms with E-state index in [-0.39, 0.29) is 18.0 Å². The lowest BCUT2D eigenvalue weighted by atomic mass is 9.97. The van der Waals surface area contributed by atoms with Crippen LogP contribution in [0, 0.1) is 0 Å². The van der Waals surface area contributed by atoms with Gasteiger partial charge in [-0.25, -0.2) is 9.78 Å². The van der Waals surface area contributed by atoms with Crippen LogP contribution in [0.5, 0.6) is 0 Å². The van der Waals surface area contributed by atoms with E-state index < -0.39 is 5.97 Å². The standard InChI is InChI=1S/C19H18N2O3S/c1-2-24-19(23)16-20-17-15(13-10-6-7-11-14(13)25-17)18(22)21(16)12-8-4-3-5-9-12/h3-5,8-9H,2,6-7,10-11H2,1H3. The van der Waals surface area contributed by atoms with Crippen LogP contribution in [0.1, 0.15) is 40.8 Å². The minimum atomic E-state index is -0.572. The van der Waals surface area contributed by atoms with Crippen molar-refractivity contribution in [2.24, 2.45) is 0 Å². The molecule has 6 heteroatoms. The van der Waals surface area contributed by atoms with Crippen LogP contribution in [0.25, 0.3) is 15.9 Å². The number of nitrogens with zero attached hydrogens (tertiary/aromatic N) is 2. The summed E-state index contributed by atoms with van der Waals surface area (Å²) in [6, 6.07) is 9.15. The van der Waals surface area contributed by atoms with Crippen molar-refractivity contribution in [2.45, 2.75) is 32.6 Å². The molecule has 5 nitrogen and oxygen atoms in total. The van der Waals surface area contributed by atoms with Crippen LogP contribution in [0.15, 0.2) is 35.1 Å². The highest BCUT2D eigenvalue weighted by Crippen LogP contribution is 2.34. The normalized spacial score (nSPS) is 13.6. The first-order chi connectivity index (χ1) is 12.2.